The van der Waals surface area contributed by atoms with E-state index in [4.69, 9.17) is 10.5 Å². The van der Waals surface area contributed by atoms with Crippen molar-refractivity contribution in [3.8, 4) is 16.9 Å². The second kappa shape index (κ2) is 4.95. The molecule has 1 aliphatic heterocycles. The average molecular weight is 267 g/mol. The van der Waals surface area contributed by atoms with Crippen LogP contribution in [0.25, 0.3) is 11.1 Å². The van der Waals surface area contributed by atoms with Crippen LogP contribution in [0.2, 0.25) is 0 Å². The van der Waals surface area contributed by atoms with E-state index < -0.39 is 0 Å². The van der Waals surface area contributed by atoms with Crippen molar-refractivity contribution in [3.63, 3.8) is 0 Å². The third-order valence-electron chi connectivity index (χ3n) is 4.06. The van der Waals surface area contributed by atoms with Crippen molar-refractivity contribution in [1.29, 1.82) is 0 Å². The van der Waals surface area contributed by atoms with Gasteiger partial charge in [0, 0.05) is 18.5 Å². The summed E-state index contributed by atoms with van der Waals surface area (Å²) >= 11 is 0. The van der Waals surface area contributed by atoms with E-state index in [0.29, 0.717) is 6.54 Å². The molecule has 1 aliphatic rings. The number of aryl methyl sites for hydroxylation is 3. The van der Waals surface area contributed by atoms with Gasteiger partial charge in [-0.2, -0.15) is 0 Å². The average Bonchev–Trinajstić information content (AvgIpc) is 2.81. The molecule has 0 aliphatic carbocycles. The molecule has 20 heavy (non-hydrogen) atoms. The van der Waals surface area contributed by atoms with Crippen molar-refractivity contribution in [3.05, 3.63) is 52.6 Å². The lowest BCUT2D eigenvalue weighted by Gasteiger charge is -2.15. The van der Waals surface area contributed by atoms with Crippen LogP contribution in [-0.4, -0.2) is 12.6 Å². The SMILES string of the molecule is Cc1cc2c(c(-c3c(C)cccc3C)c1)O[C@H](CN)C2. The van der Waals surface area contributed by atoms with E-state index in [1.807, 2.05) is 0 Å². The van der Waals surface area contributed by atoms with Crippen molar-refractivity contribution < 1.29 is 4.74 Å². The Morgan fingerprint density at radius 1 is 1.15 bits per heavy atom. The van der Waals surface area contributed by atoms with E-state index in [9.17, 15) is 0 Å². The fourth-order valence-electron chi connectivity index (χ4n) is 3.15. The van der Waals surface area contributed by atoms with Crippen LogP contribution < -0.4 is 10.5 Å². The molecule has 2 heteroatoms. The molecule has 0 spiro atoms. The van der Waals surface area contributed by atoms with Crippen LogP contribution in [0.4, 0.5) is 0 Å². The Bertz CT molecular complexity index is 640. The molecule has 0 saturated heterocycles. The Kier molecular flexibility index (Phi) is 3.27. The summed E-state index contributed by atoms with van der Waals surface area (Å²) in [7, 11) is 0. The molecule has 0 saturated carbocycles. The molecule has 1 atom stereocenters. The molecular formula is C18H21NO. The maximum Gasteiger partial charge on any atom is 0.130 e. The van der Waals surface area contributed by atoms with Gasteiger partial charge in [0.25, 0.3) is 0 Å². The van der Waals surface area contributed by atoms with Crippen LogP contribution in [0.3, 0.4) is 0 Å². The Morgan fingerprint density at radius 3 is 2.50 bits per heavy atom. The number of nitrogens with two attached hydrogens (primary N) is 1. The maximum atomic E-state index is 6.08. The third kappa shape index (κ3) is 2.10. The van der Waals surface area contributed by atoms with Gasteiger partial charge >= 0.3 is 0 Å². The molecular weight excluding hydrogens is 246 g/mol. The normalized spacial score (nSPS) is 16.9. The Labute approximate surface area is 120 Å². The lowest BCUT2D eigenvalue weighted by atomic mass is 9.92. The zero-order valence-corrected chi connectivity index (χ0v) is 12.4. The highest BCUT2D eigenvalue weighted by molar-refractivity contribution is 5.78. The molecule has 0 unspecified atom stereocenters. The van der Waals surface area contributed by atoms with E-state index in [-0.39, 0.29) is 6.10 Å². The number of benzene rings is 2. The second-order valence-electron chi connectivity index (χ2n) is 5.75. The van der Waals surface area contributed by atoms with E-state index in [1.165, 1.54) is 33.4 Å². The van der Waals surface area contributed by atoms with Gasteiger partial charge in [-0.25, -0.2) is 0 Å². The first-order valence-electron chi connectivity index (χ1n) is 7.17. The van der Waals surface area contributed by atoms with Gasteiger partial charge < -0.3 is 10.5 Å². The molecule has 1 heterocycles. The molecule has 0 radical (unpaired) electrons. The molecule has 2 aromatic rings. The predicted molar refractivity (Wildman–Crippen MR) is 83.3 cm³/mol. The van der Waals surface area contributed by atoms with E-state index in [1.54, 1.807) is 0 Å². The zero-order valence-electron chi connectivity index (χ0n) is 12.4. The van der Waals surface area contributed by atoms with Crippen molar-refractivity contribution in [2.24, 2.45) is 5.73 Å². The molecule has 0 bridgehead atoms. The van der Waals surface area contributed by atoms with Gasteiger partial charge in [-0.05, 0) is 54.7 Å². The lowest BCUT2D eigenvalue weighted by Crippen LogP contribution is -2.24. The fraction of sp³-hybridized carbons (Fsp3) is 0.333. The largest absolute Gasteiger partial charge is 0.488 e. The highest BCUT2D eigenvalue weighted by atomic mass is 16.5. The third-order valence-corrected chi connectivity index (χ3v) is 4.06. The monoisotopic (exact) mass is 267 g/mol. The first-order valence-corrected chi connectivity index (χ1v) is 7.17. The quantitative estimate of drug-likeness (QED) is 0.903. The Hall–Kier alpha value is -1.80. The minimum Gasteiger partial charge on any atom is -0.488 e. The minimum atomic E-state index is 0.120. The number of rotatable bonds is 2. The minimum absolute atomic E-state index is 0.120. The van der Waals surface area contributed by atoms with Gasteiger partial charge in [-0.1, -0.05) is 24.3 Å². The summed E-state index contributed by atoms with van der Waals surface area (Å²) < 4.78 is 6.08. The van der Waals surface area contributed by atoms with Crippen LogP contribution in [0.1, 0.15) is 22.3 Å². The molecule has 3 rings (SSSR count). The van der Waals surface area contributed by atoms with Crippen LogP contribution >= 0.6 is 0 Å². The van der Waals surface area contributed by atoms with Gasteiger partial charge in [0.05, 0.1) is 0 Å². The fourth-order valence-corrected chi connectivity index (χ4v) is 3.15. The summed E-state index contributed by atoms with van der Waals surface area (Å²) in [6, 6.07) is 10.9. The molecule has 2 N–H and O–H groups in total. The van der Waals surface area contributed by atoms with Crippen molar-refractivity contribution >= 4 is 0 Å². The number of hydrogen-bond donors (Lipinski definition) is 1. The zero-order chi connectivity index (χ0) is 14.3. The van der Waals surface area contributed by atoms with Gasteiger partial charge in [0.1, 0.15) is 11.9 Å². The van der Waals surface area contributed by atoms with Crippen molar-refractivity contribution in [2.45, 2.75) is 33.3 Å². The highest BCUT2D eigenvalue weighted by Gasteiger charge is 2.26. The van der Waals surface area contributed by atoms with Crippen LogP contribution in [-0.2, 0) is 6.42 Å². The topological polar surface area (TPSA) is 35.2 Å². The van der Waals surface area contributed by atoms with Crippen LogP contribution in [0, 0.1) is 20.8 Å². The standard InChI is InChI=1S/C18H21NO/c1-11-7-14-9-15(10-19)20-18(14)16(8-11)17-12(2)5-4-6-13(17)3/h4-8,15H,9-10,19H2,1-3H3/t15-/m0/s1. The molecule has 0 amide bonds. The summed E-state index contributed by atoms with van der Waals surface area (Å²) in [6.07, 6.45) is 1.04. The second-order valence-corrected chi connectivity index (χ2v) is 5.75. The van der Waals surface area contributed by atoms with Crippen LogP contribution in [0.5, 0.6) is 5.75 Å². The number of hydrogen-bond acceptors (Lipinski definition) is 2. The highest BCUT2D eigenvalue weighted by Crippen LogP contribution is 2.41. The van der Waals surface area contributed by atoms with Crippen molar-refractivity contribution in [1.82, 2.24) is 0 Å². The predicted octanol–water partition coefficient (Wildman–Crippen LogP) is 3.54. The van der Waals surface area contributed by atoms with Gasteiger partial charge in [-0.15, -0.1) is 0 Å². The van der Waals surface area contributed by atoms with E-state index in [2.05, 4.69) is 51.1 Å². The first-order chi connectivity index (χ1) is 9.60. The molecule has 0 aromatic heterocycles. The van der Waals surface area contributed by atoms with Gasteiger partial charge in [0.2, 0.25) is 0 Å². The Morgan fingerprint density at radius 2 is 1.85 bits per heavy atom. The molecule has 2 nitrogen and oxygen atoms in total. The number of fused-ring (bicyclic) bond motifs is 1. The summed E-state index contributed by atoms with van der Waals surface area (Å²) in [4.78, 5) is 0. The lowest BCUT2D eigenvalue weighted by molar-refractivity contribution is 0.242. The Balaban J connectivity index is 2.21. The summed E-state index contributed by atoms with van der Waals surface area (Å²) in [5, 5.41) is 0. The molecule has 0 fully saturated rings. The maximum absolute atomic E-state index is 6.08. The molecule has 104 valence electrons. The number of ether oxygens (including phenoxy) is 1. The van der Waals surface area contributed by atoms with Gasteiger partial charge in [-0.3, -0.25) is 0 Å². The van der Waals surface area contributed by atoms with Gasteiger partial charge in [0.15, 0.2) is 0 Å². The first kappa shape index (κ1) is 13.2. The summed E-state index contributed by atoms with van der Waals surface area (Å²) in [6.45, 7) is 7.03. The van der Waals surface area contributed by atoms with E-state index >= 15 is 0 Å². The summed E-state index contributed by atoms with van der Waals surface area (Å²) in [5.74, 6) is 1.03. The smallest absolute Gasteiger partial charge is 0.130 e. The summed E-state index contributed by atoms with van der Waals surface area (Å²) in [5.41, 5.74) is 13.4. The molecule has 2 aromatic carbocycles. The van der Waals surface area contributed by atoms with E-state index in [0.717, 1.165) is 12.2 Å². The van der Waals surface area contributed by atoms with Crippen molar-refractivity contribution in [2.75, 3.05) is 6.54 Å². The van der Waals surface area contributed by atoms with Crippen LogP contribution in [0.15, 0.2) is 30.3 Å².